The maximum Gasteiger partial charge on any atom is 0.417 e. The Hall–Kier alpha value is -3.93. The van der Waals surface area contributed by atoms with Gasteiger partial charge in [-0.15, -0.1) is 0 Å². The number of nitrogens with zero attached hydrogens (tertiary/aromatic N) is 2. The number of alkyl halides is 3. The molecule has 4 rings (SSSR count). The normalized spacial score (nSPS) is 18.5. The molecule has 2 atom stereocenters. The number of aromatic amines is 1. The number of piperazine rings is 1. The molecular formula is C26H26F5N5O2. The van der Waals surface area contributed by atoms with Crippen molar-refractivity contribution in [3.8, 4) is 11.1 Å². The van der Waals surface area contributed by atoms with Gasteiger partial charge in [-0.25, -0.2) is 8.78 Å². The summed E-state index contributed by atoms with van der Waals surface area (Å²) in [6.45, 7) is 4.53. The van der Waals surface area contributed by atoms with E-state index in [1.807, 2.05) is 25.9 Å². The number of halogens is 5. The molecule has 1 aliphatic heterocycles. The van der Waals surface area contributed by atoms with Gasteiger partial charge in [-0.1, -0.05) is 12.1 Å². The lowest BCUT2D eigenvalue weighted by Crippen LogP contribution is -2.55. The first-order chi connectivity index (χ1) is 17.8. The fourth-order valence-electron chi connectivity index (χ4n) is 4.57. The number of carbonyl (C=O) groups is 1. The second-order valence-corrected chi connectivity index (χ2v) is 9.41. The summed E-state index contributed by atoms with van der Waals surface area (Å²) in [5.74, 6) is -3.39. The summed E-state index contributed by atoms with van der Waals surface area (Å²) in [5.41, 5.74) is 1.74. The standard InChI is InChI=1S/C26H26F5N5O2/c1-13-11-36(12-14(2)35(13)3)20-9-19(27)22(15-4-6-16(32)7-5-15)23(28)24(20)34-25(38)17-10-33-21(37)8-18(17)26(29,30)31/h4-10,13-14H,11-12,32H2,1-3H3,(H,33,37)(H,34,38)/t13-,14+. The number of carbonyl (C=O) groups excluding carboxylic acids is 1. The summed E-state index contributed by atoms with van der Waals surface area (Å²) in [4.78, 5) is 30.4. The van der Waals surface area contributed by atoms with Crippen molar-refractivity contribution < 1.29 is 26.7 Å². The smallest absolute Gasteiger partial charge is 0.399 e. The summed E-state index contributed by atoms with van der Waals surface area (Å²) >= 11 is 0. The average molecular weight is 536 g/mol. The van der Waals surface area contributed by atoms with Gasteiger partial charge in [0.2, 0.25) is 5.56 Å². The number of amides is 1. The molecule has 202 valence electrons. The Morgan fingerprint density at radius 2 is 1.68 bits per heavy atom. The van der Waals surface area contributed by atoms with Crippen molar-refractivity contribution in [3.05, 3.63) is 75.7 Å². The molecule has 1 amide bonds. The lowest BCUT2D eigenvalue weighted by atomic mass is 10.00. The van der Waals surface area contributed by atoms with Gasteiger partial charge in [-0.3, -0.25) is 14.5 Å². The molecule has 2 aromatic carbocycles. The highest BCUT2D eigenvalue weighted by atomic mass is 19.4. The summed E-state index contributed by atoms with van der Waals surface area (Å²) in [7, 11) is 1.91. The van der Waals surface area contributed by atoms with Crippen LogP contribution in [0.5, 0.6) is 0 Å². The third kappa shape index (κ3) is 5.21. The van der Waals surface area contributed by atoms with Crippen LogP contribution in [-0.2, 0) is 6.18 Å². The number of nitrogens with one attached hydrogen (secondary N) is 2. The monoisotopic (exact) mass is 535 g/mol. The molecule has 0 radical (unpaired) electrons. The third-order valence-electron chi connectivity index (χ3n) is 6.81. The van der Waals surface area contributed by atoms with E-state index in [4.69, 9.17) is 5.73 Å². The zero-order valence-corrected chi connectivity index (χ0v) is 20.8. The fourth-order valence-corrected chi connectivity index (χ4v) is 4.57. The molecule has 0 spiro atoms. The maximum absolute atomic E-state index is 16.1. The van der Waals surface area contributed by atoms with Gasteiger partial charge < -0.3 is 20.9 Å². The Morgan fingerprint density at radius 1 is 1.08 bits per heavy atom. The molecule has 1 fully saturated rings. The van der Waals surface area contributed by atoms with Crippen molar-refractivity contribution in [2.75, 3.05) is 36.1 Å². The van der Waals surface area contributed by atoms with Crippen molar-refractivity contribution in [3.63, 3.8) is 0 Å². The lowest BCUT2D eigenvalue weighted by molar-refractivity contribution is -0.138. The summed E-state index contributed by atoms with van der Waals surface area (Å²) in [6.07, 6.45) is -4.41. The molecule has 2 heterocycles. The van der Waals surface area contributed by atoms with Crippen molar-refractivity contribution in [1.82, 2.24) is 9.88 Å². The van der Waals surface area contributed by atoms with Gasteiger partial charge in [0, 0.05) is 49.2 Å². The number of nitrogen functional groups attached to an aromatic ring is 1. The first-order valence-corrected chi connectivity index (χ1v) is 11.7. The number of anilines is 3. The second kappa shape index (κ2) is 10.1. The Labute approximate surface area is 215 Å². The average Bonchev–Trinajstić information content (AvgIpc) is 2.84. The minimum absolute atomic E-state index is 0.0164. The number of nitrogens with two attached hydrogens (primary N) is 1. The van der Waals surface area contributed by atoms with Gasteiger partial charge in [0.15, 0.2) is 5.82 Å². The molecule has 3 aromatic rings. The minimum atomic E-state index is -5.03. The topological polar surface area (TPSA) is 94.5 Å². The van der Waals surface area contributed by atoms with E-state index in [-0.39, 0.29) is 29.4 Å². The van der Waals surface area contributed by atoms with Crippen molar-refractivity contribution in [2.45, 2.75) is 32.1 Å². The highest BCUT2D eigenvalue weighted by Crippen LogP contribution is 2.40. The van der Waals surface area contributed by atoms with E-state index in [0.29, 0.717) is 25.0 Å². The first kappa shape index (κ1) is 27.1. The number of benzene rings is 2. The Balaban J connectivity index is 1.87. The number of rotatable bonds is 4. The molecule has 0 unspecified atom stereocenters. The van der Waals surface area contributed by atoms with Gasteiger partial charge >= 0.3 is 6.18 Å². The maximum atomic E-state index is 16.1. The van der Waals surface area contributed by atoms with E-state index < -0.39 is 51.7 Å². The molecule has 1 aromatic heterocycles. The molecule has 4 N–H and O–H groups in total. The lowest BCUT2D eigenvalue weighted by Gasteiger charge is -2.44. The van der Waals surface area contributed by atoms with Crippen LogP contribution in [0, 0.1) is 11.6 Å². The van der Waals surface area contributed by atoms with Crippen LogP contribution >= 0.6 is 0 Å². The van der Waals surface area contributed by atoms with Crippen LogP contribution in [0.25, 0.3) is 11.1 Å². The van der Waals surface area contributed by atoms with E-state index in [2.05, 4.69) is 10.2 Å². The van der Waals surface area contributed by atoms with Crippen LogP contribution in [-0.4, -0.2) is 48.0 Å². The van der Waals surface area contributed by atoms with E-state index in [9.17, 15) is 22.8 Å². The molecule has 7 nitrogen and oxygen atoms in total. The molecule has 0 aliphatic carbocycles. The molecular weight excluding hydrogens is 509 g/mol. The van der Waals surface area contributed by atoms with Gasteiger partial charge in [0.25, 0.3) is 5.91 Å². The second-order valence-electron chi connectivity index (χ2n) is 9.41. The molecule has 0 bridgehead atoms. The molecule has 1 aliphatic rings. The van der Waals surface area contributed by atoms with E-state index in [1.54, 1.807) is 4.90 Å². The highest BCUT2D eigenvalue weighted by Gasteiger charge is 2.37. The number of hydrogen-bond acceptors (Lipinski definition) is 5. The summed E-state index contributed by atoms with van der Waals surface area (Å²) < 4.78 is 72.3. The molecule has 0 saturated carbocycles. The van der Waals surface area contributed by atoms with E-state index in [0.717, 1.165) is 6.07 Å². The Kier molecular flexibility index (Phi) is 7.20. The van der Waals surface area contributed by atoms with Crippen LogP contribution in [0.15, 0.2) is 47.4 Å². The van der Waals surface area contributed by atoms with Crippen LogP contribution in [0.1, 0.15) is 29.8 Å². The fraction of sp³-hybridized carbons (Fsp3) is 0.308. The van der Waals surface area contributed by atoms with Crippen molar-refractivity contribution in [1.29, 1.82) is 0 Å². The number of pyridine rings is 1. The van der Waals surface area contributed by atoms with Crippen molar-refractivity contribution in [2.24, 2.45) is 0 Å². The number of aromatic nitrogens is 1. The van der Waals surface area contributed by atoms with Gasteiger partial charge in [0.1, 0.15) is 11.5 Å². The van der Waals surface area contributed by atoms with Crippen LogP contribution in [0.4, 0.5) is 39.0 Å². The number of H-pyrrole nitrogens is 1. The van der Waals surface area contributed by atoms with Crippen LogP contribution in [0.2, 0.25) is 0 Å². The number of likely N-dealkylation sites (N-methyl/N-ethyl adjacent to an activating group) is 1. The zero-order chi connectivity index (χ0) is 27.9. The van der Waals surface area contributed by atoms with E-state index >= 15 is 8.78 Å². The first-order valence-electron chi connectivity index (χ1n) is 11.7. The Morgan fingerprint density at radius 3 is 2.26 bits per heavy atom. The SMILES string of the molecule is C[C@@H]1CN(c2cc(F)c(-c3ccc(N)cc3)c(F)c2NC(=O)c2c[nH]c(=O)cc2C(F)(F)F)C[C@H](C)N1C. The number of hydrogen-bond donors (Lipinski definition) is 3. The van der Waals surface area contributed by atoms with Crippen LogP contribution in [0.3, 0.4) is 0 Å². The molecule has 38 heavy (non-hydrogen) atoms. The van der Waals surface area contributed by atoms with Crippen LogP contribution < -0.4 is 21.5 Å². The van der Waals surface area contributed by atoms with E-state index in [1.165, 1.54) is 24.3 Å². The third-order valence-corrected chi connectivity index (χ3v) is 6.81. The molecule has 1 saturated heterocycles. The predicted molar refractivity (Wildman–Crippen MR) is 135 cm³/mol. The Bertz CT molecular complexity index is 1410. The predicted octanol–water partition coefficient (Wildman–Crippen LogP) is 4.70. The molecule has 12 heteroatoms. The zero-order valence-electron chi connectivity index (χ0n) is 20.8. The summed E-state index contributed by atoms with van der Waals surface area (Å²) in [6, 6.07) is 6.94. The van der Waals surface area contributed by atoms with Gasteiger partial charge in [0.05, 0.1) is 22.4 Å². The minimum Gasteiger partial charge on any atom is -0.399 e. The quantitative estimate of drug-likeness (QED) is 0.333. The van der Waals surface area contributed by atoms with Crippen molar-refractivity contribution >= 4 is 23.0 Å². The summed E-state index contributed by atoms with van der Waals surface area (Å²) in [5, 5.41) is 2.23. The highest BCUT2D eigenvalue weighted by molar-refractivity contribution is 6.07. The van der Waals surface area contributed by atoms with Gasteiger partial charge in [-0.05, 0) is 38.6 Å². The largest absolute Gasteiger partial charge is 0.417 e. The van der Waals surface area contributed by atoms with Gasteiger partial charge in [-0.2, -0.15) is 13.2 Å².